The molecule has 0 unspecified atom stereocenters. The predicted octanol–water partition coefficient (Wildman–Crippen LogP) is 3.75. The van der Waals surface area contributed by atoms with Crippen molar-refractivity contribution in [2.45, 2.75) is 32.1 Å². The largest absolute Gasteiger partial charge is 0.508 e. The molecule has 4 nitrogen and oxygen atoms in total. The Morgan fingerprint density at radius 3 is 1.91 bits per heavy atom. The van der Waals surface area contributed by atoms with E-state index in [0.717, 1.165) is 0 Å². The number of phenols is 2. The summed E-state index contributed by atoms with van der Waals surface area (Å²) in [5.74, 6) is -0.00575. The normalized spacial score (nSPS) is 11.2. The molecule has 4 heteroatoms. The minimum atomic E-state index is -0.705. The molecule has 0 saturated carbocycles. The summed E-state index contributed by atoms with van der Waals surface area (Å²) in [6.07, 6.45) is 0.619. The quantitative estimate of drug-likeness (QED) is 0.797. The van der Waals surface area contributed by atoms with E-state index in [-0.39, 0.29) is 23.9 Å². The highest BCUT2D eigenvalue weighted by Crippen LogP contribution is 2.43. The Labute approximate surface area is 136 Å². The van der Waals surface area contributed by atoms with Crippen molar-refractivity contribution in [1.29, 1.82) is 0 Å². The van der Waals surface area contributed by atoms with E-state index in [4.69, 9.17) is 4.74 Å². The molecule has 23 heavy (non-hydrogen) atoms. The molecule has 0 radical (unpaired) electrons. The Balaban J connectivity index is 2.45. The molecule has 0 spiro atoms. The Kier molecular flexibility index (Phi) is 5.27. The first-order chi connectivity index (χ1) is 11.0. The van der Waals surface area contributed by atoms with Gasteiger partial charge in [0.1, 0.15) is 11.5 Å². The first kappa shape index (κ1) is 16.9. The Bertz CT molecular complexity index is 633. The van der Waals surface area contributed by atoms with Gasteiger partial charge in [0.2, 0.25) is 0 Å². The Hall–Kier alpha value is -2.49. The van der Waals surface area contributed by atoms with Gasteiger partial charge in [-0.1, -0.05) is 43.3 Å². The number of benzene rings is 2. The van der Waals surface area contributed by atoms with Crippen LogP contribution in [0.2, 0.25) is 0 Å². The topological polar surface area (TPSA) is 66.8 Å². The maximum Gasteiger partial charge on any atom is 0.305 e. The number of carbonyl (C=O) groups excluding carboxylic acids is 1. The van der Waals surface area contributed by atoms with Crippen molar-refractivity contribution in [3.8, 4) is 11.5 Å². The number of aromatic hydroxyl groups is 2. The number of hydrogen-bond acceptors (Lipinski definition) is 4. The molecule has 2 N–H and O–H groups in total. The third-order valence-corrected chi connectivity index (χ3v) is 4.13. The van der Waals surface area contributed by atoms with E-state index in [9.17, 15) is 15.0 Å². The lowest BCUT2D eigenvalue weighted by molar-refractivity contribution is -0.143. The molecular weight excluding hydrogens is 292 g/mol. The minimum Gasteiger partial charge on any atom is -0.508 e. The highest BCUT2D eigenvalue weighted by atomic mass is 16.5. The van der Waals surface area contributed by atoms with Crippen LogP contribution in [-0.4, -0.2) is 22.8 Å². The summed E-state index contributed by atoms with van der Waals surface area (Å²) in [5, 5.41) is 20.5. The van der Waals surface area contributed by atoms with Gasteiger partial charge in [-0.2, -0.15) is 0 Å². The van der Waals surface area contributed by atoms with Gasteiger partial charge < -0.3 is 14.9 Å². The number of ether oxygens (including phenoxy) is 1. The maximum absolute atomic E-state index is 11.8. The molecule has 0 aliphatic heterocycles. The van der Waals surface area contributed by atoms with E-state index < -0.39 is 5.41 Å². The zero-order chi connectivity index (χ0) is 16.9. The third-order valence-electron chi connectivity index (χ3n) is 4.13. The van der Waals surface area contributed by atoms with Gasteiger partial charge in [0, 0.05) is 23.0 Å². The van der Waals surface area contributed by atoms with Gasteiger partial charge >= 0.3 is 5.97 Å². The number of para-hydroxylation sites is 2. The van der Waals surface area contributed by atoms with Gasteiger partial charge in [-0.05, 0) is 25.5 Å². The average molecular weight is 314 g/mol. The van der Waals surface area contributed by atoms with Crippen molar-refractivity contribution >= 4 is 5.97 Å². The second kappa shape index (κ2) is 7.18. The molecule has 0 atom stereocenters. The van der Waals surface area contributed by atoms with E-state index >= 15 is 0 Å². The van der Waals surface area contributed by atoms with Crippen LogP contribution in [0.25, 0.3) is 0 Å². The van der Waals surface area contributed by atoms with Gasteiger partial charge in [-0.3, -0.25) is 4.79 Å². The van der Waals surface area contributed by atoms with Gasteiger partial charge in [0.05, 0.1) is 6.61 Å². The number of phenolic OH excluding ortho intramolecular Hbond substituents is 2. The van der Waals surface area contributed by atoms with Crippen molar-refractivity contribution in [2.75, 3.05) is 6.61 Å². The van der Waals surface area contributed by atoms with Crippen LogP contribution in [0, 0.1) is 0 Å². The number of hydrogen-bond donors (Lipinski definition) is 2. The van der Waals surface area contributed by atoms with Gasteiger partial charge in [-0.25, -0.2) is 0 Å². The zero-order valence-corrected chi connectivity index (χ0v) is 13.5. The van der Waals surface area contributed by atoms with Crippen molar-refractivity contribution < 1.29 is 19.7 Å². The first-order valence-corrected chi connectivity index (χ1v) is 7.71. The van der Waals surface area contributed by atoms with Crippen molar-refractivity contribution in [2.24, 2.45) is 0 Å². The second-order valence-corrected chi connectivity index (χ2v) is 5.67. The summed E-state index contributed by atoms with van der Waals surface area (Å²) in [6, 6.07) is 14.0. The summed E-state index contributed by atoms with van der Waals surface area (Å²) in [7, 11) is 0. The van der Waals surface area contributed by atoms with E-state index in [1.807, 2.05) is 31.2 Å². The third kappa shape index (κ3) is 3.65. The van der Waals surface area contributed by atoms with Gasteiger partial charge in [-0.15, -0.1) is 0 Å². The first-order valence-electron chi connectivity index (χ1n) is 7.71. The fourth-order valence-corrected chi connectivity index (χ4v) is 2.88. The maximum atomic E-state index is 11.8. The molecule has 0 aromatic heterocycles. The highest BCUT2D eigenvalue weighted by molar-refractivity contribution is 5.70. The van der Waals surface area contributed by atoms with Crippen LogP contribution in [0.1, 0.15) is 37.8 Å². The van der Waals surface area contributed by atoms with Crippen LogP contribution in [-0.2, 0) is 14.9 Å². The van der Waals surface area contributed by atoms with Crippen LogP contribution in [0.3, 0.4) is 0 Å². The zero-order valence-electron chi connectivity index (χ0n) is 13.5. The summed E-state index contributed by atoms with van der Waals surface area (Å²) in [6.45, 7) is 4.02. The molecule has 0 saturated heterocycles. The lowest BCUT2D eigenvalue weighted by Gasteiger charge is -2.32. The number of carbonyl (C=O) groups is 1. The summed E-state index contributed by atoms with van der Waals surface area (Å²) in [5.41, 5.74) is 0.639. The molecule has 0 bridgehead atoms. The molecule has 0 heterocycles. The molecule has 2 aromatic rings. The standard InChI is InChI=1S/C19H22O4/c1-3-23-18(22)12-13-19(2,14-8-4-6-10-16(14)20)15-9-5-7-11-17(15)21/h4-11,20-21H,3,12-13H2,1-2H3. The van der Waals surface area contributed by atoms with Crippen molar-refractivity contribution in [1.82, 2.24) is 0 Å². The summed E-state index contributed by atoms with van der Waals surface area (Å²) < 4.78 is 5.01. The van der Waals surface area contributed by atoms with Gasteiger partial charge in [0.15, 0.2) is 0 Å². The van der Waals surface area contributed by atoms with Crippen molar-refractivity contribution in [3.63, 3.8) is 0 Å². The van der Waals surface area contributed by atoms with E-state index in [1.54, 1.807) is 31.2 Å². The van der Waals surface area contributed by atoms with Crippen molar-refractivity contribution in [3.05, 3.63) is 59.7 Å². The highest BCUT2D eigenvalue weighted by Gasteiger charge is 2.34. The predicted molar refractivity (Wildman–Crippen MR) is 88.5 cm³/mol. The van der Waals surface area contributed by atoms with E-state index in [2.05, 4.69) is 0 Å². The van der Waals surface area contributed by atoms with E-state index in [1.165, 1.54) is 0 Å². The minimum absolute atomic E-state index is 0.141. The van der Waals surface area contributed by atoms with Crippen LogP contribution in [0.4, 0.5) is 0 Å². The lowest BCUT2D eigenvalue weighted by Crippen LogP contribution is -2.25. The fourth-order valence-electron chi connectivity index (χ4n) is 2.88. The molecule has 2 aromatic carbocycles. The molecule has 0 fully saturated rings. The SMILES string of the molecule is CCOC(=O)CCC(C)(c1ccccc1O)c1ccccc1O. The van der Waals surface area contributed by atoms with Crippen LogP contribution in [0.15, 0.2) is 48.5 Å². The lowest BCUT2D eigenvalue weighted by atomic mass is 9.72. The number of esters is 1. The van der Waals surface area contributed by atoms with Gasteiger partial charge in [0.25, 0.3) is 0 Å². The van der Waals surface area contributed by atoms with Crippen LogP contribution < -0.4 is 0 Å². The average Bonchev–Trinajstić information content (AvgIpc) is 2.54. The van der Waals surface area contributed by atoms with Crippen LogP contribution in [0.5, 0.6) is 11.5 Å². The molecular formula is C19H22O4. The molecule has 2 rings (SSSR count). The summed E-state index contributed by atoms with van der Waals surface area (Å²) in [4.78, 5) is 11.8. The number of rotatable bonds is 6. The fraction of sp³-hybridized carbons (Fsp3) is 0.316. The Morgan fingerprint density at radius 1 is 1.00 bits per heavy atom. The van der Waals surface area contributed by atoms with Crippen LogP contribution >= 0.6 is 0 Å². The molecule has 0 amide bonds. The molecule has 0 aliphatic carbocycles. The molecule has 122 valence electrons. The molecule has 0 aliphatic rings. The smallest absolute Gasteiger partial charge is 0.305 e. The summed E-state index contributed by atoms with van der Waals surface area (Å²) >= 11 is 0. The monoisotopic (exact) mass is 314 g/mol. The Morgan fingerprint density at radius 2 is 1.48 bits per heavy atom. The second-order valence-electron chi connectivity index (χ2n) is 5.67. The van der Waals surface area contributed by atoms with E-state index in [0.29, 0.717) is 24.2 Å².